The minimum atomic E-state index is -0.0251. The lowest BCUT2D eigenvalue weighted by molar-refractivity contribution is 0.113. The van der Waals surface area contributed by atoms with E-state index in [2.05, 4.69) is 24.1 Å². The molecule has 4 nitrogen and oxygen atoms in total. The van der Waals surface area contributed by atoms with Crippen molar-refractivity contribution in [3.63, 3.8) is 0 Å². The summed E-state index contributed by atoms with van der Waals surface area (Å²) in [6, 6.07) is 0. The minimum absolute atomic E-state index is 0.0251. The second-order valence-electron chi connectivity index (χ2n) is 5.51. The van der Waals surface area contributed by atoms with Gasteiger partial charge >= 0.3 is 0 Å². The SMILES string of the molecule is CCC(CC)(CO)CNCc1ncc(C)c(OC)c1C. The largest absolute Gasteiger partial charge is 0.496 e. The van der Waals surface area contributed by atoms with E-state index in [0.29, 0.717) is 6.54 Å². The van der Waals surface area contributed by atoms with E-state index in [1.807, 2.05) is 20.0 Å². The average Bonchev–Trinajstić information content (AvgIpc) is 2.47. The molecule has 20 heavy (non-hydrogen) atoms. The van der Waals surface area contributed by atoms with Gasteiger partial charge in [-0.05, 0) is 26.7 Å². The van der Waals surface area contributed by atoms with E-state index in [9.17, 15) is 5.11 Å². The molecule has 0 amide bonds. The highest BCUT2D eigenvalue weighted by atomic mass is 16.5. The molecule has 0 saturated carbocycles. The molecule has 0 unspecified atom stereocenters. The molecule has 0 spiro atoms. The molecule has 0 fully saturated rings. The topological polar surface area (TPSA) is 54.4 Å². The molecule has 0 aromatic carbocycles. The summed E-state index contributed by atoms with van der Waals surface area (Å²) in [5, 5.41) is 13.0. The zero-order chi connectivity index (χ0) is 15.2. The molecule has 114 valence electrons. The van der Waals surface area contributed by atoms with Gasteiger partial charge in [0.2, 0.25) is 0 Å². The molecule has 0 aliphatic heterocycles. The van der Waals surface area contributed by atoms with Gasteiger partial charge in [-0.3, -0.25) is 4.98 Å². The molecule has 2 N–H and O–H groups in total. The highest BCUT2D eigenvalue weighted by Crippen LogP contribution is 2.26. The number of aryl methyl sites for hydroxylation is 1. The highest BCUT2D eigenvalue weighted by molar-refractivity contribution is 5.40. The van der Waals surface area contributed by atoms with Crippen molar-refractivity contribution < 1.29 is 9.84 Å². The Morgan fingerprint density at radius 2 is 1.95 bits per heavy atom. The first kappa shape index (κ1) is 16.9. The summed E-state index contributed by atoms with van der Waals surface area (Å²) in [4.78, 5) is 4.48. The molecule has 0 bridgehead atoms. The van der Waals surface area contributed by atoms with Crippen molar-refractivity contribution in [1.82, 2.24) is 10.3 Å². The molecule has 0 saturated heterocycles. The maximum Gasteiger partial charge on any atom is 0.128 e. The Morgan fingerprint density at radius 3 is 2.45 bits per heavy atom. The van der Waals surface area contributed by atoms with Gasteiger partial charge in [-0.15, -0.1) is 0 Å². The zero-order valence-corrected chi connectivity index (χ0v) is 13.4. The first-order valence-electron chi connectivity index (χ1n) is 7.34. The number of hydrogen-bond acceptors (Lipinski definition) is 4. The van der Waals surface area contributed by atoms with Crippen LogP contribution in [0.1, 0.15) is 43.5 Å². The summed E-state index contributed by atoms with van der Waals surface area (Å²) in [6.45, 7) is 10.0. The molecule has 1 aromatic heterocycles. The molecule has 0 aliphatic rings. The van der Waals surface area contributed by atoms with Crippen molar-refractivity contribution in [2.75, 3.05) is 20.3 Å². The van der Waals surface area contributed by atoms with Crippen LogP contribution in [-0.2, 0) is 6.54 Å². The third kappa shape index (κ3) is 3.70. The van der Waals surface area contributed by atoms with Gasteiger partial charge in [0, 0.05) is 42.4 Å². The number of aliphatic hydroxyl groups excluding tert-OH is 1. The zero-order valence-electron chi connectivity index (χ0n) is 13.4. The predicted octanol–water partition coefficient (Wildman–Crippen LogP) is 2.60. The summed E-state index contributed by atoms with van der Waals surface area (Å²) in [5.74, 6) is 0.913. The smallest absolute Gasteiger partial charge is 0.128 e. The molecular formula is C16H28N2O2. The normalized spacial score (nSPS) is 11.7. The first-order chi connectivity index (χ1) is 9.53. The molecule has 4 heteroatoms. The average molecular weight is 280 g/mol. The van der Waals surface area contributed by atoms with Crippen molar-refractivity contribution in [2.45, 2.75) is 47.1 Å². The molecule has 1 heterocycles. The van der Waals surface area contributed by atoms with Gasteiger partial charge in [-0.2, -0.15) is 0 Å². The quantitative estimate of drug-likeness (QED) is 0.768. The lowest BCUT2D eigenvalue weighted by atomic mass is 9.83. The lowest BCUT2D eigenvalue weighted by Crippen LogP contribution is -2.36. The van der Waals surface area contributed by atoms with Crippen molar-refractivity contribution in [2.24, 2.45) is 5.41 Å². The number of aromatic nitrogens is 1. The summed E-state index contributed by atoms with van der Waals surface area (Å²) in [7, 11) is 1.69. The summed E-state index contributed by atoms with van der Waals surface area (Å²) in [6.07, 6.45) is 3.79. The van der Waals surface area contributed by atoms with Crippen LogP contribution in [0.2, 0.25) is 0 Å². The molecule has 0 atom stereocenters. The maximum atomic E-state index is 9.57. The third-order valence-corrected chi connectivity index (χ3v) is 4.38. The van der Waals surface area contributed by atoms with E-state index in [-0.39, 0.29) is 12.0 Å². The minimum Gasteiger partial charge on any atom is -0.496 e. The second kappa shape index (κ2) is 7.60. The van der Waals surface area contributed by atoms with Crippen molar-refractivity contribution >= 4 is 0 Å². The van der Waals surface area contributed by atoms with E-state index >= 15 is 0 Å². The number of pyridine rings is 1. The van der Waals surface area contributed by atoms with Gasteiger partial charge in [0.25, 0.3) is 0 Å². The van der Waals surface area contributed by atoms with Crippen LogP contribution in [0.4, 0.5) is 0 Å². The van der Waals surface area contributed by atoms with Crippen molar-refractivity contribution in [3.8, 4) is 5.75 Å². The van der Waals surface area contributed by atoms with Gasteiger partial charge in [0.1, 0.15) is 5.75 Å². The number of rotatable bonds is 8. The Kier molecular flexibility index (Phi) is 6.43. The van der Waals surface area contributed by atoms with E-state index in [1.54, 1.807) is 7.11 Å². The highest BCUT2D eigenvalue weighted by Gasteiger charge is 2.24. The van der Waals surface area contributed by atoms with Crippen molar-refractivity contribution in [3.05, 3.63) is 23.0 Å². The van der Waals surface area contributed by atoms with Crippen LogP contribution in [0.3, 0.4) is 0 Å². The monoisotopic (exact) mass is 280 g/mol. The van der Waals surface area contributed by atoms with Crippen LogP contribution in [0.15, 0.2) is 6.20 Å². The molecule has 1 aromatic rings. The fraction of sp³-hybridized carbons (Fsp3) is 0.688. The number of aliphatic hydroxyl groups is 1. The molecule has 0 radical (unpaired) electrons. The van der Waals surface area contributed by atoms with E-state index in [1.165, 1.54) is 0 Å². The summed E-state index contributed by atoms with van der Waals surface area (Å²) in [5.41, 5.74) is 3.12. The van der Waals surface area contributed by atoms with E-state index in [4.69, 9.17) is 4.74 Å². The van der Waals surface area contributed by atoms with Gasteiger partial charge < -0.3 is 15.2 Å². The Bertz CT molecular complexity index is 420. The number of hydrogen-bond donors (Lipinski definition) is 2. The fourth-order valence-corrected chi connectivity index (χ4v) is 2.47. The molecule has 1 rings (SSSR count). The van der Waals surface area contributed by atoms with Gasteiger partial charge in [0.15, 0.2) is 0 Å². The Labute approximate surface area is 122 Å². The van der Waals surface area contributed by atoms with Crippen molar-refractivity contribution in [1.29, 1.82) is 0 Å². The second-order valence-corrected chi connectivity index (χ2v) is 5.51. The molecule has 0 aliphatic carbocycles. The number of nitrogens with zero attached hydrogens (tertiary/aromatic N) is 1. The van der Waals surface area contributed by atoms with E-state index < -0.39 is 0 Å². The van der Waals surface area contributed by atoms with Crippen LogP contribution >= 0.6 is 0 Å². The number of ether oxygens (including phenoxy) is 1. The lowest BCUT2D eigenvalue weighted by Gasteiger charge is -2.29. The molecular weight excluding hydrogens is 252 g/mol. The van der Waals surface area contributed by atoms with Gasteiger partial charge in [-0.1, -0.05) is 13.8 Å². The summed E-state index contributed by atoms with van der Waals surface area (Å²) < 4.78 is 5.42. The van der Waals surface area contributed by atoms with Gasteiger partial charge in [0.05, 0.1) is 12.8 Å². The Balaban J connectivity index is 2.71. The van der Waals surface area contributed by atoms with Crippen LogP contribution in [0.5, 0.6) is 5.75 Å². The van der Waals surface area contributed by atoms with Gasteiger partial charge in [-0.25, -0.2) is 0 Å². The van der Waals surface area contributed by atoms with Crippen LogP contribution < -0.4 is 10.1 Å². The van der Waals surface area contributed by atoms with E-state index in [0.717, 1.165) is 42.0 Å². The number of methoxy groups -OCH3 is 1. The first-order valence-corrected chi connectivity index (χ1v) is 7.34. The summed E-state index contributed by atoms with van der Waals surface area (Å²) >= 11 is 0. The maximum absolute atomic E-state index is 9.57. The van der Waals surface area contributed by atoms with Crippen LogP contribution in [0.25, 0.3) is 0 Å². The van der Waals surface area contributed by atoms with Crippen LogP contribution in [-0.4, -0.2) is 30.4 Å². The predicted molar refractivity (Wildman–Crippen MR) is 82.1 cm³/mol. The fourth-order valence-electron chi connectivity index (χ4n) is 2.47. The third-order valence-electron chi connectivity index (χ3n) is 4.38. The standard InChI is InChI=1S/C16H28N2O2/c1-6-16(7-2,11-19)10-17-9-14-13(4)15(20-5)12(3)8-18-14/h8,17,19H,6-7,9-11H2,1-5H3. The Morgan fingerprint density at radius 1 is 1.30 bits per heavy atom. The van der Waals surface area contributed by atoms with Crippen LogP contribution in [0, 0.1) is 19.3 Å². The number of nitrogens with one attached hydrogen (secondary N) is 1. The Hall–Kier alpha value is -1.13.